The molecule has 0 saturated heterocycles. The zero-order valence-corrected chi connectivity index (χ0v) is 10.3. The second-order valence-electron chi connectivity index (χ2n) is 4.75. The molecule has 2 atom stereocenters. The van der Waals surface area contributed by atoms with E-state index in [-0.39, 0.29) is 5.91 Å². The van der Waals surface area contributed by atoms with Gasteiger partial charge in [-0.3, -0.25) is 14.7 Å². The fraction of sp³-hybridized carbons (Fsp3) is 0.583. The first kappa shape index (κ1) is 12.6. The quantitative estimate of drug-likeness (QED) is 0.759. The lowest BCUT2D eigenvalue weighted by Crippen LogP contribution is -2.36. The van der Waals surface area contributed by atoms with E-state index in [0.29, 0.717) is 18.7 Å². The minimum Gasteiger partial charge on any atom is -0.481 e. The number of carboxylic acid groups (broad SMARTS) is 1. The van der Waals surface area contributed by atoms with Crippen LogP contribution in [0.1, 0.15) is 31.2 Å². The summed E-state index contributed by atoms with van der Waals surface area (Å²) in [6.45, 7) is 1.83. The van der Waals surface area contributed by atoms with E-state index >= 15 is 0 Å². The van der Waals surface area contributed by atoms with Crippen LogP contribution < -0.4 is 5.32 Å². The van der Waals surface area contributed by atoms with E-state index in [9.17, 15) is 9.59 Å². The molecule has 18 heavy (non-hydrogen) atoms. The van der Waals surface area contributed by atoms with Crippen molar-refractivity contribution < 1.29 is 14.7 Å². The van der Waals surface area contributed by atoms with Crippen molar-refractivity contribution in [2.75, 3.05) is 5.32 Å². The Bertz CT molecular complexity index is 455. The molecule has 98 valence electrons. The van der Waals surface area contributed by atoms with Crippen LogP contribution >= 0.6 is 0 Å². The maximum Gasteiger partial charge on any atom is 0.307 e. The minimum atomic E-state index is -0.879. The number of hydrogen-bond donors (Lipinski definition) is 3. The fourth-order valence-electron chi connectivity index (χ4n) is 2.43. The number of nitrogens with one attached hydrogen (secondary N) is 2. The van der Waals surface area contributed by atoms with E-state index in [0.717, 1.165) is 18.4 Å². The van der Waals surface area contributed by atoms with E-state index in [2.05, 4.69) is 15.5 Å². The summed E-state index contributed by atoms with van der Waals surface area (Å²) in [6, 6.07) is 0. The van der Waals surface area contributed by atoms with E-state index in [4.69, 9.17) is 5.11 Å². The summed E-state index contributed by atoms with van der Waals surface area (Å²) in [7, 11) is 0. The first-order valence-electron chi connectivity index (χ1n) is 6.13. The number of carbonyl (C=O) groups is 2. The van der Waals surface area contributed by atoms with E-state index in [1.807, 2.05) is 6.92 Å². The van der Waals surface area contributed by atoms with Gasteiger partial charge in [-0.25, -0.2) is 0 Å². The van der Waals surface area contributed by atoms with Gasteiger partial charge in [0.05, 0.1) is 18.0 Å². The monoisotopic (exact) mass is 251 g/mol. The zero-order valence-electron chi connectivity index (χ0n) is 10.3. The molecule has 1 heterocycles. The molecule has 1 aliphatic rings. The molecule has 0 aromatic carbocycles. The Labute approximate surface area is 105 Å². The lowest BCUT2D eigenvalue weighted by atomic mass is 9.78. The van der Waals surface area contributed by atoms with Crippen molar-refractivity contribution in [2.45, 2.75) is 32.6 Å². The third-order valence-corrected chi connectivity index (χ3v) is 3.50. The largest absolute Gasteiger partial charge is 0.481 e. The number of H-pyrrole nitrogens is 1. The number of carboxylic acids is 1. The first-order valence-corrected chi connectivity index (χ1v) is 6.13. The highest BCUT2D eigenvalue weighted by molar-refractivity contribution is 5.94. The lowest BCUT2D eigenvalue weighted by Gasteiger charge is -2.27. The number of aromatic amines is 1. The SMILES string of the molecule is Cc1cn[nH]c1NC(=O)C1CCCCC1C(=O)O. The van der Waals surface area contributed by atoms with Gasteiger partial charge in [0, 0.05) is 5.56 Å². The number of carbonyl (C=O) groups excluding carboxylic acids is 1. The number of aryl methyl sites for hydroxylation is 1. The van der Waals surface area contributed by atoms with Gasteiger partial charge in [-0.2, -0.15) is 5.10 Å². The van der Waals surface area contributed by atoms with Gasteiger partial charge in [0.15, 0.2) is 0 Å². The summed E-state index contributed by atoms with van der Waals surface area (Å²) in [4.78, 5) is 23.2. The molecule has 6 nitrogen and oxygen atoms in total. The van der Waals surface area contributed by atoms with Gasteiger partial charge in [-0.05, 0) is 19.8 Å². The zero-order chi connectivity index (χ0) is 13.1. The Morgan fingerprint density at radius 1 is 1.39 bits per heavy atom. The number of anilines is 1. The smallest absolute Gasteiger partial charge is 0.307 e. The average Bonchev–Trinajstić information content (AvgIpc) is 2.75. The van der Waals surface area contributed by atoms with Crippen LogP contribution in [0.2, 0.25) is 0 Å². The summed E-state index contributed by atoms with van der Waals surface area (Å²) < 4.78 is 0. The number of amides is 1. The predicted molar refractivity (Wildman–Crippen MR) is 65.0 cm³/mol. The predicted octanol–water partition coefficient (Wildman–Crippen LogP) is 1.55. The van der Waals surface area contributed by atoms with Crippen molar-refractivity contribution in [3.05, 3.63) is 11.8 Å². The van der Waals surface area contributed by atoms with Gasteiger partial charge in [-0.1, -0.05) is 12.8 Å². The summed E-state index contributed by atoms with van der Waals surface area (Å²) in [6.07, 6.45) is 4.62. The minimum absolute atomic E-state index is 0.227. The number of hydrogen-bond acceptors (Lipinski definition) is 3. The molecular formula is C12H17N3O3. The van der Waals surface area contributed by atoms with E-state index in [1.165, 1.54) is 0 Å². The Hall–Kier alpha value is -1.85. The molecule has 1 aliphatic carbocycles. The molecule has 0 radical (unpaired) electrons. The van der Waals surface area contributed by atoms with Crippen LogP contribution in [0.4, 0.5) is 5.82 Å². The van der Waals surface area contributed by atoms with Crippen molar-refractivity contribution in [3.63, 3.8) is 0 Å². The molecule has 6 heteroatoms. The molecule has 2 rings (SSSR count). The van der Waals surface area contributed by atoms with Crippen LogP contribution in [0, 0.1) is 18.8 Å². The Balaban J connectivity index is 2.07. The van der Waals surface area contributed by atoms with Crippen molar-refractivity contribution in [1.29, 1.82) is 0 Å². The molecule has 1 saturated carbocycles. The van der Waals surface area contributed by atoms with Crippen molar-refractivity contribution in [2.24, 2.45) is 11.8 Å². The first-order chi connectivity index (χ1) is 8.59. The van der Waals surface area contributed by atoms with Crippen LogP contribution in [-0.4, -0.2) is 27.2 Å². The van der Waals surface area contributed by atoms with E-state index < -0.39 is 17.8 Å². The molecular weight excluding hydrogens is 234 g/mol. The highest BCUT2D eigenvalue weighted by Crippen LogP contribution is 2.31. The maximum absolute atomic E-state index is 12.1. The summed E-state index contributed by atoms with van der Waals surface area (Å²) in [5, 5.41) is 18.4. The van der Waals surface area contributed by atoms with Gasteiger partial charge in [0.25, 0.3) is 0 Å². The molecule has 1 fully saturated rings. The molecule has 1 aromatic rings. The number of nitrogens with zero attached hydrogens (tertiary/aromatic N) is 1. The topological polar surface area (TPSA) is 95.1 Å². The lowest BCUT2D eigenvalue weighted by molar-refractivity contribution is -0.147. The molecule has 0 spiro atoms. The highest BCUT2D eigenvalue weighted by Gasteiger charge is 2.35. The molecule has 0 aliphatic heterocycles. The van der Waals surface area contributed by atoms with Crippen LogP contribution in [-0.2, 0) is 9.59 Å². The second-order valence-corrected chi connectivity index (χ2v) is 4.75. The number of aliphatic carboxylic acids is 1. The van der Waals surface area contributed by atoms with Gasteiger partial charge >= 0.3 is 5.97 Å². The van der Waals surface area contributed by atoms with Crippen LogP contribution in [0.3, 0.4) is 0 Å². The van der Waals surface area contributed by atoms with Gasteiger partial charge in [0.2, 0.25) is 5.91 Å². The normalized spacial score (nSPS) is 23.6. The third-order valence-electron chi connectivity index (χ3n) is 3.50. The van der Waals surface area contributed by atoms with Crippen LogP contribution in [0.15, 0.2) is 6.20 Å². The third kappa shape index (κ3) is 2.52. The fourth-order valence-corrected chi connectivity index (χ4v) is 2.43. The van der Waals surface area contributed by atoms with E-state index in [1.54, 1.807) is 6.20 Å². The Kier molecular flexibility index (Phi) is 3.64. The Morgan fingerprint density at radius 3 is 2.61 bits per heavy atom. The summed E-state index contributed by atoms with van der Waals surface area (Å²) in [5.74, 6) is -1.57. The van der Waals surface area contributed by atoms with Crippen LogP contribution in [0.5, 0.6) is 0 Å². The average molecular weight is 251 g/mol. The molecule has 2 unspecified atom stereocenters. The number of aromatic nitrogens is 2. The van der Waals surface area contributed by atoms with Crippen molar-refractivity contribution in [3.8, 4) is 0 Å². The van der Waals surface area contributed by atoms with Gasteiger partial charge in [-0.15, -0.1) is 0 Å². The van der Waals surface area contributed by atoms with Gasteiger partial charge < -0.3 is 10.4 Å². The molecule has 1 amide bonds. The maximum atomic E-state index is 12.1. The summed E-state index contributed by atoms with van der Waals surface area (Å²) in [5.41, 5.74) is 0.839. The van der Waals surface area contributed by atoms with Crippen LogP contribution in [0.25, 0.3) is 0 Å². The second kappa shape index (κ2) is 5.20. The highest BCUT2D eigenvalue weighted by atomic mass is 16.4. The molecule has 3 N–H and O–H groups in total. The molecule has 0 bridgehead atoms. The van der Waals surface area contributed by atoms with Crippen molar-refractivity contribution in [1.82, 2.24) is 10.2 Å². The van der Waals surface area contributed by atoms with Gasteiger partial charge in [0.1, 0.15) is 5.82 Å². The summed E-state index contributed by atoms with van der Waals surface area (Å²) >= 11 is 0. The molecule has 1 aromatic heterocycles. The van der Waals surface area contributed by atoms with Crippen molar-refractivity contribution >= 4 is 17.7 Å². The Morgan fingerprint density at radius 2 is 2.06 bits per heavy atom. The number of rotatable bonds is 3. The standard InChI is InChI=1S/C12H17N3O3/c1-7-6-13-15-10(7)14-11(16)8-4-2-3-5-9(8)12(17)18/h6,8-9H,2-5H2,1H3,(H,17,18)(H2,13,14,15,16).